The minimum atomic E-state index is 0.0182. The highest BCUT2D eigenvalue weighted by Gasteiger charge is 2.25. The van der Waals surface area contributed by atoms with Crippen LogP contribution in [0.5, 0.6) is 0 Å². The maximum atomic E-state index is 12.6. The lowest BCUT2D eigenvalue weighted by atomic mass is 10.1. The van der Waals surface area contributed by atoms with E-state index in [-0.39, 0.29) is 11.9 Å². The van der Waals surface area contributed by atoms with Crippen LogP contribution in [0.3, 0.4) is 0 Å². The molecule has 3 rings (SSSR count). The van der Waals surface area contributed by atoms with Gasteiger partial charge in [0.15, 0.2) is 0 Å². The van der Waals surface area contributed by atoms with Gasteiger partial charge in [-0.05, 0) is 32.3 Å². The lowest BCUT2D eigenvalue weighted by Crippen LogP contribution is -2.52. The minimum Gasteiger partial charge on any atom is -0.341 e. The zero-order valence-electron chi connectivity index (χ0n) is 12.6. The number of anilines is 1. The number of carbonyl (C=O) groups is 1. The number of nitrogens with zero attached hydrogens (tertiary/aromatic N) is 4. The van der Waals surface area contributed by atoms with Crippen molar-refractivity contribution in [2.45, 2.75) is 32.2 Å². The number of rotatable bonds is 2. The number of nitrogens with one attached hydrogen (secondary N) is 1. The third kappa shape index (κ3) is 3.15. The summed E-state index contributed by atoms with van der Waals surface area (Å²) in [5.74, 6) is 0.716. The smallest absolute Gasteiger partial charge is 0.272 e. The van der Waals surface area contributed by atoms with Crippen molar-refractivity contribution in [2.75, 3.05) is 37.6 Å². The first-order valence-electron chi connectivity index (χ1n) is 7.85. The average Bonchev–Trinajstić information content (AvgIpc) is 2.56. The molecule has 3 heterocycles. The van der Waals surface area contributed by atoms with E-state index in [4.69, 9.17) is 0 Å². The molecule has 1 aromatic rings. The summed E-state index contributed by atoms with van der Waals surface area (Å²) in [6.45, 7) is 6.47. The predicted octanol–water partition coefficient (Wildman–Crippen LogP) is 0.901. The molecule has 1 amide bonds. The Kier molecular flexibility index (Phi) is 4.34. The molecule has 2 aliphatic heterocycles. The molecule has 0 unspecified atom stereocenters. The van der Waals surface area contributed by atoms with Crippen LogP contribution >= 0.6 is 0 Å². The van der Waals surface area contributed by atoms with Gasteiger partial charge in [0.2, 0.25) is 5.95 Å². The van der Waals surface area contributed by atoms with E-state index >= 15 is 0 Å². The van der Waals surface area contributed by atoms with Crippen LogP contribution in [0, 0.1) is 0 Å². The van der Waals surface area contributed by atoms with E-state index < -0.39 is 0 Å². The zero-order chi connectivity index (χ0) is 14.7. The summed E-state index contributed by atoms with van der Waals surface area (Å²) in [7, 11) is 0. The molecule has 0 aromatic carbocycles. The molecule has 1 aromatic heterocycles. The fourth-order valence-electron chi connectivity index (χ4n) is 3.00. The second-order valence-electron chi connectivity index (χ2n) is 5.84. The summed E-state index contributed by atoms with van der Waals surface area (Å²) in [6.07, 6.45) is 5.33. The van der Waals surface area contributed by atoms with Crippen LogP contribution < -0.4 is 10.2 Å². The predicted molar refractivity (Wildman–Crippen MR) is 81.5 cm³/mol. The lowest BCUT2D eigenvalue weighted by Gasteiger charge is -2.34. The highest BCUT2D eigenvalue weighted by atomic mass is 16.2. The second kappa shape index (κ2) is 6.39. The van der Waals surface area contributed by atoms with Gasteiger partial charge in [-0.15, -0.1) is 0 Å². The molecule has 0 bridgehead atoms. The van der Waals surface area contributed by atoms with Crippen LogP contribution in [0.15, 0.2) is 12.3 Å². The number of hydrogen-bond donors (Lipinski definition) is 1. The molecule has 0 aliphatic carbocycles. The van der Waals surface area contributed by atoms with Crippen molar-refractivity contribution in [1.82, 2.24) is 20.2 Å². The van der Waals surface area contributed by atoms with Crippen molar-refractivity contribution >= 4 is 11.9 Å². The van der Waals surface area contributed by atoms with Gasteiger partial charge >= 0.3 is 0 Å². The van der Waals surface area contributed by atoms with Crippen molar-refractivity contribution in [3.05, 3.63) is 18.0 Å². The number of piperazine rings is 1. The van der Waals surface area contributed by atoms with E-state index in [1.165, 1.54) is 19.3 Å². The van der Waals surface area contributed by atoms with Gasteiger partial charge in [0.05, 0.1) is 0 Å². The van der Waals surface area contributed by atoms with Gasteiger partial charge in [-0.2, -0.15) is 0 Å². The highest BCUT2D eigenvalue weighted by Crippen LogP contribution is 2.16. The van der Waals surface area contributed by atoms with E-state index in [2.05, 4.69) is 27.1 Å². The molecule has 1 atom stereocenters. The van der Waals surface area contributed by atoms with E-state index in [1.54, 1.807) is 12.3 Å². The van der Waals surface area contributed by atoms with Gasteiger partial charge in [-0.3, -0.25) is 4.79 Å². The molecule has 0 saturated carbocycles. The zero-order valence-corrected chi connectivity index (χ0v) is 12.6. The van der Waals surface area contributed by atoms with E-state index in [0.717, 1.165) is 32.7 Å². The van der Waals surface area contributed by atoms with Crippen molar-refractivity contribution < 1.29 is 4.79 Å². The molecule has 1 N–H and O–H groups in total. The van der Waals surface area contributed by atoms with Crippen molar-refractivity contribution in [3.8, 4) is 0 Å². The van der Waals surface area contributed by atoms with Crippen LogP contribution in [0.25, 0.3) is 0 Å². The third-order valence-corrected chi connectivity index (χ3v) is 4.26. The fourth-order valence-corrected chi connectivity index (χ4v) is 3.00. The Hall–Kier alpha value is -1.69. The van der Waals surface area contributed by atoms with Crippen molar-refractivity contribution in [1.29, 1.82) is 0 Å². The number of carbonyl (C=O) groups excluding carboxylic acids is 1. The summed E-state index contributed by atoms with van der Waals surface area (Å²) in [5.41, 5.74) is 0.513. The first-order chi connectivity index (χ1) is 10.3. The Morgan fingerprint density at radius 3 is 2.86 bits per heavy atom. The molecule has 2 aliphatic rings. The topological polar surface area (TPSA) is 61.4 Å². The molecule has 2 fully saturated rings. The van der Waals surface area contributed by atoms with Crippen LogP contribution in [-0.4, -0.2) is 59.5 Å². The molecule has 0 radical (unpaired) electrons. The Morgan fingerprint density at radius 2 is 2.10 bits per heavy atom. The van der Waals surface area contributed by atoms with Gasteiger partial charge in [-0.1, -0.05) is 0 Å². The van der Waals surface area contributed by atoms with Crippen LogP contribution in [0.1, 0.15) is 36.7 Å². The van der Waals surface area contributed by atoms with Gasteiger partial charge in [-0.25, -0.2) is 9.97 Å². The Morgan fingerprint density at radius 1 is 1.29 bits per heavy atom. The van der Waals surface area contributed by atoms with Crippen LogP contribution in [0.2, 0.25) is 0 Å². The highest BCUT2D eigenvalue weighted by molar-refractivity contribution is 5.92. The van der Waals surface area contributed by atoms with E-state index in [0.29, 0.717) is 11.6 Å². The van der Waals surface area contributed by atoms with E-state index in [9.17, 15) is 4.79 Å². The summed E-state index contributed by atoms with van der Waals surface area (Å²) < 4.78 is 0. The number of hydrogen-bond acceptors (Lipinski definition) is 5. The largest absolute Gasteiger partial charge is 0.341 e. The van der Waals surface area contributed by atoms with E-state index in [1.807, 2.05) is 4.90 Å². The molecular formula is C15H23N5O. The number of piperidine rings is 1. The summed E-state index contributed by atoms with van der Waals surface area (Å²) in [5, 5.41) is 3.30. The standard InChI is InChI=1S/C15H23N5O/c1-12-11-16-7-10-20(12)14(21)13-5-6-17-15(18-13)19-8-3-2-4-9-19/h5-6,12,16H,2-4,7-11H2,1H3/t12-/m0/s1. The van der Waals surface area contributed by atoms with Crippen LogP contribution in [-0.2, 0) is 0 Å². The number of amides is 1. The minimum absolute atomic E-state index is 0.0182. The van der Waals surface area contributed by atoms with Crippen molar-refractivity contribution in [2.24, 2.45) is 0 Å². The molecule has 21 heavy (non-hydrogen) atoms. The normalized spacial score (nSPS) is 23.2. The Bertz CT molecular complexity index is 501. The molecule has 6 heteroatoms. The fraction of sp³-hybridized carbons (Fsp3) is 0.667. The first kappa shape index (κ1) is 14.3. The Balaban J connectivity index is 1.76. The third-order valence-electron chi connectivity index (χ3n) is 4.26. The molecular weight excluding hydrogens is 266 g/mol. The van der Waals surface area contributed by atoms with Gasteiger partial charge in [0.1, 0.15) is 5.69 Å². The summed E-state index contributed by atoms with van der Waals surface area (Å²) in [6, 6.07) is 1.93. The molecule has 6 nitrogen and oxygen atoms in total. The lowest BCUT2D eigenvalue weighted by molar-refractivity contribution is 0.0649. The number of aromatic nitrogens is 2. The summed E-state index contributed by atoms with van der Waals surface area (Å²) in [4.78, 5) is 25.6. The van der Waals surface area contributed by atoms with Gasteiger partial charge in [0.25, 0.3) is 5.91 Å². The monoisotopic (exact) mass is 289 g/mol. The summed E-state index contributed by atoms with van der Waals surface area (Å²) >= 11 is 0. The maximum Gasteiger partial charge on any atom is 0.272 e. The SMILES string of the molecule is C[C@H]1CNCCN1C(=O)c1ccnc(N2CCCCC2)n1. The second-order valence-corrected chi connectivity index (χ2v) is 5.84. The van der Waals surface area contributed by atoms with Gasteiger partial charge < -0.3 is 15.1 Å². The Labute approximate surface area is 125 Å². The molecule has 0 spiro atoms. The maximum absolute atomic E-state index is 12.6. The van der Waals surface area contributed by atoms with Crippen LogP contribution in [0.4, 0.5) is 5.95 Å². The first-order valence-corrected chi connectivity index (χ1v) is 7.85. The quantitative estimate of drug-likeness (QED) is 0.876. The molecule has 2 saturated heterocycles. The molecule has 114 valence electrons. The van der Waals surface area contributed by atoms with Gasteiger partial charge in [0, 0.05) is 45.0 Å². The average molecular weight is 289 g/mol. The van der Waals surface area contributed by atoms with Crippen molar-refractivity contribution in [3.63, 3.8) is 0 Å².